The average Bonchev–Trinajstić information content (AvgIpc) is 3.27. The van der Waals surface area contributed by atoms with Crippen molar-refractivity contribution in [2.45, 2.75) is 11.9 Å². The van der Waals surface area contributed by atoms with Gasteiger partial charge in [-0.05, 0) is 30.7 Å². The van der Waals surface area contributed by atoms with Crippen molar-refractivity contribution in [3.05, 3.63) is 53.5 Å². The van der Waals surface area contributed by atoms with Crippen LogP contribution in [0.3, 0.4) is 0 Å². The molecule has 0 unspecified atom stereocenters. The predicted molar refractivity (Wildman–Crippen MR) is 108 cm³/mol. The zero-order valence-electron chi connectivity index (χ0n) is 14.1. The van der Waals surface area contributed by atoms with Crippen molar-refractivity contribution in [2.75, 3.05) is 11.1 Å². The molecule has 0 aliphatic carbocycles. The van der Waals surface area contributed by atoms with E-state index in [9.17, 15) is 4.79 Å². The maximum Gasteiger partial charge on any atom is 0.236 e. The lowest BCUT2D eigenvalue weighted by Gasteiger charge is -2.02. The maximum atomic E-state index is 12.1. The molecular weight excluding hydrogens is 404 g/mol. The highest BCUT2D eigenvalue weighted by atomic mass is 35.5. The fourth-order valence-corrected chi connectivity index (χ4v) is 4.56. The minimum absolute atomic E-state index is 0.172. The minimum atomic E-state index is -0.172. The number of carbonyl (C=O) groups excluding carboxylic acids is 1. The van der Waals surface area contributed by atoms with Crippen LogP contribution in [0.5, 0.6) is 0 Å². The molecule has 27 heavy (non-hydrogen) atoms. The molecule has 1 aromatic carbocycles. The number of fused-ring (bicyclic) bond motifs is 1. The molecule has 0 radical (unpaired) electrons. The molecule has 3 heterocycles. The van der Waals surface area contributed by atoms with Crippen molar-refractivity contribution in [1.82, 2.24) is 15.1 Å². The number of rotatable bonds is 5. The van der Waals surface area contributed by atoms with Crippen LogP contribution in [-0.2, 0) is 4.79 Å². The van der Waals surface area contributed by atoms with Gasteiger partial charge in [0.05, 0.1) is 16.0 Å². The zero-order valence-corrected chi connectivity index (χ0v) is 16.5. The Labute approximate surface area is 168 Å². The van der Waals surface area contributed by atoms with Crippen LogP contribution in [0.2, 0.25) is 5.02 Å². The molecule has 6 nitrogen and oxygen atoms in total. The van der Waals surface area contributed by atoms with Crippen LogP contribution in [-0.4, -0.2) is 26.8 Å². The molecule has 9 heteroatoms. The fraction of sp³-hybridized carbons (Fsp3) is 0.111. The van der Waals surface area contributed by atoms with E-state index in [0.29, 0.717) is 16.6 Å². The molecule has 3 aromatic heterocycles. The Bertz CT molecular complexity index is 1110. The van der Waals surface area contributed by atoms with Crippen LogP contribution >= 0.6 is 34.7 Å². The lowest BCUT2D eigenvalue weighted by molar-refractivity contribution is -0.113. The SMILES string of the molecule is Cc1cc(NC(=O)CSc2ncnc3cc(-c4ccc(Cl)cc4)sc23)no1. The molecular formula is C18H13ClN4O2S2. The van der Waals surface area contributed by atoms with Crippen molar-refractivity contribution >= 4 is 56.6 Å². The number of amides is 1. The third kappa shape index (κ3) is 4.13. The Hall–Kier alpha value is -2.42. The minimum Gasteiger partial charge on any atom is -0.360 e. The first-order valence-corrected chi connectivity index (χ1v) is 10.1. The summed E-state index contributed by atoms with van der Waals surface area (Å²) in [4.78, 5) is 21.9. The molecule has 0 saturated carbocycles. The van der Waals surface area contributed by atoms with Crippen LogP contribution in [0, 0.1) is 6.92 Å². The molecule has 0 bridgehead atoms. The number of hydrogen-bond acceptors (Lipinski definition) is 7. The Morgan fingerprint density at radius 3 is 2.81 bits per heavy atom. The number of aromatic nitrogens is 3. The summed E-state index contributed by atoms with van der Waals surface area (Å²) in [7, 11) is 0. The maximum absolute atomic E-state index is 12.1. The molecule has 1 amide bonds. The van der Waals surface area contributed by atoms with Crippen LogP contribution in [0.25, 0.3) is 20.7 Å². The first-order chi connectivity index (χ1) is 13.1. The summed E-state index contributed by atoms with van der Waals surface area (Å²) < 4.78 is 5.90. The molecule has 0 saturated heterocycles. The largest absolute Gasteiger partial charge is 0.360 e. The molecule has 1 N–H and O–H groups in total. The summed E-state index contributed by atoms with van der Waals surface area (Å²) in [5.74, 6) is 1.09. The molecule has 0 spiro atoms. The van der Waals surface area contributed by atoms with E-state index in [1.54, 1.807) is 24.3 Å². The van der Waals surface area contributed by atoms with Gasteiger partial charge in [-0.15, -0.1) is 11.3 Å². The molecule has 4 rings (SSSR count). The van der Waals surface area contributed by atoms with E-state index in [0.717, 1.165) is 25.7 Å². The molecule has 4 aromatic rings. The quantitative estimate of drug-likeness (QED) is 0.362. The monoisotopic (exact) mass is 416 g/mol. The van der Waals surface area contributed by atoms with Crippen molar-refractivity contribution in [1.29, 1.82) is 0 Å². The lowest BCUT2D eigenvalue weighted by Crippen LogP contribution is -2.14. The van der Waals surface area contributed by atoms with Crippen molar-refractivity contribution in [3.8, 4) is 10.4 Å². The summed E-state index contributed by atoms with van der Waals surface area (Å²) in [6.07, 6.45) is 1.52. The first kappa shape index (κ1) is 18.0. The standard InChI is InChI=1S/C18H13ClN4O2S2/c1-10-6-15(23-25-10)22-16(24)8-26-18-17-13(20-9-21-18)7-14(27-17)11-2-4-12(19)5-3-11/h2-7,9H,8H2,1H3,(H,22,23,24). The van der Waals surface area contributed by atoms with Gasteiger partial charge in [0.25, 0.3) is 0 Å². The van der Waals surface area contributed by atoms with Gasteiger partial charge in [-0.3, -0.25) is 4.79 Å². The van der Waals surface area contributed by atoms with Gasteiger partial charge in [0.1, 0.15) is 17.1 Å². The normalized spacial score (nSPS) is 11.0. The van der Waals surface area contributed by atoms with Crippen LogP contribution in [0.15, 0.2) is 52.3 Å². The van der Waals surface area contributed by atoms with Crippen LogP contribution in [0.1, 0.15) is 5.76 Å². The number of anilines is 1. The van der Waals surface area contributed by atoms with Gasteiger partial charge in [0.2, 0.25) is 5.91 Å². The van der Waals surface area contributed by atoms with E-state index in [-0.39, 0.29) is 11.7 Å². The average molecular weight is 417 g/mol. The predicted octanol–water partition coefficient (Wildman–Crippen LogP) is 5.04. The molecule has 0 fully saturated rings. The lowest BCUT2D eigenvalue weighted by atomic mass is 10.2. The summed E-state index contributed by atoms with van der Waals surface area (Å²) >= 11 is 8.92. The number of thiophene rings is 1. The van der Waals surface area contributed by atoms with Gasteiger partial charge >= 0.3 is 0 Å². The second-order valence-corrected chi connectivity index (χ2v) is 8.12. The van der Waals surface area contributed by atoms with Gasteiger partial charge in [-0.1, -0.05) is 40.7 Å². The number of thioether (sulfide) groups is 1. The zero-order chi connectivity index (χ0) is 18.8. The third-order valence-electron chi connectivity index (χ3n) is 3.64. The number of hydrogen-bond donors (Lipinski definition) is 1. The van der Waals surface area contributed by atoms with E-state index in [2.05, 4.69) is 20.4 Å². The second-order valence-electron chi connectivity index (χ2n) is 5.67. The van der Waals surface area contributed by atoms with E-state index in [4.69, 9.17) is 16.1 Å². The van der Waals surface area contributed by atoms with E-state index >= 15 is 0 Å². The van der Waals surface area contributed by atoms with Crippen LogP contribution < -0.4 is 5.32 Å². The van der Waals surface area contributed by atoms with Gasteiger partial charge in [0.15, 0.2) is 5.82 Å². The first-order valence-electron chi connectivity index (χ1n) is 7.95. The van der Waals surface area contributed by atoms with Crippen molar-refractivity contribution < 1.29 is 9.32 Å². The third-order valence-corrected chi connectivity index (χ3v) is 6.19. The van der Waals surface area contributed by atoms with Gasteiger partial charge in [-0.25, -0.2) is 9.97 Å². The van der Waals surface area contributed by atoms with E-state index < -0.39 is 0 Å². The van der Waals surface area contributed by atoms with E-state index in [1.165, 1.54) is 18.1 Å². The van der Waals surface area contributed by atoms with Crippen LogP contribution in [0.4, 0.5) is 5.82 Å². The highest BCUT2D eigenvalue weighted by Crippen LogP contribution is 2.37. The van der Waals surface area contributed by atoms with Crippen molar-refractivity contribution in [3.63, 3.8) is 0 Å². The Morgan fingerprint density at radius 2 is 2.07 bits per heavy atom. The number of aryl methyl sites for hydroxylation is 1. The van der Waals surface area contributed by atoms with Crippen molar-refractivity contribution in [2.24, 2.45) is 0 Å². The van der Waals surface area contributed by atoms with Gasteiger partial charge in [-0.2, -0.15) is 0 Å². The van der Waals surface area contributed by atoms with Gasteiger partial charge in [0, 0.05) is 16.0 Å². The Kier molecular flexibility index (Phi) is 5.11. The number of nitrogens with one attached hydrogen (secondary N) is 1. The smallest absolute Gasteiger partial charge is 0.236 e. The molecule has 0 atom stereocenters. The second kappa shape index (κ2) is 7.67. The number of benzene rings is 1. The molecule has 0 aliphatic heterocycles. The summed E-state index contributed by atoms with van der Waals surface area (Å²) in [6.45, 7) is 1.77. The number of carbonyl (C=O) groups is 1. The highest BCUT2D eigenvalue weighted by Gasteiger charge is 2.13. The number of halogens is 1. The van der Waals surface area contributed by atoms with Gasteiger partial charge < -0.3 is 9.84 Å². The summed E-state index contributed by atoms with van der Waals surface area (Å²) in [5.41, 5.74) is 1.92. The Morgan fingerprint density at radius 1 is 1.26 bits per heavy atom. The fourth-order valence-electron chi connectivity index (χ4n) is 2.43. The topological polar surface area (TPSA) is 80.9 Å². The number of nitrogens with zero attached hydrogens (tertiary/aromatic N) is 3. The van der Waals surface area contributed by atoms with E-state index in [1.807, 2.05) is 30.3 Å². The molecule has 136 valence electrons. The highest BCUT2D eigenvalue weighted by molar-refractivity contribution is 8.00. The summed E-state index contributed by atoms with van der Waals surface area (Å²) in [5, 5.41) is 7.93. The Balaban J connectivity index is 1.51. The molecule has 0 aliphatic rings. The summed E-state index contributed by atoms with van der Waals surface area (Å²) in [6, 6.07) is 11.4.